The number of nitrogens with zero attached hydrogens (tertiary/aromatic N) is 1. The summed E-state index contributed by atoms with van der Waals surface area (Å²) in [5.74, 6) is 1.03. The minimum absolute atomic E-state index is 0.0297. The molecule has 3 unspecified atom stereocenters. The number of nitrogens with two attached hydrogens (primary N) is 1. The van der Waals surface area contributed by atoms with Gasteiger partial charge in [-0.1, -0.05) is 12.5 Å². The number of carbonyl (C=O) groups excluding carboxylic acids is 1. The fourth-order valence-corrected chi connectivity index (χ4v) is 3.84. The van der Waals surface area contributed by atoms with Crippen molar-refractivity contribution < 1.29 is 4.79 Å². The molecule has 2 aliphatic rings. The lowest BCUT2D eigenvalue weighted by Crippen LogP contribution is -2.31. The standard InChI is InChI=1S/C16H22N2O/c17-10-12-5-2-7-13(12)16(19)14-8-1-4-11-6-3-9-18-15(11)14/h3,6,9,12-14H,1-2,4-5,7-8,10,17H2. The van der Waals surface area contributed by atoms with Crippen LogP contribution in [-0.4, -0.2) is 17.3 Å². The van der Waals surface area contributed by atoms with Gasteiger partial charge in [0.1, 0.15) is 5.78 Å². The zero-order chi connectivity index (χ0) is 13.2. The Morgan fingerprint density at radius 1 is 1.32 bits per heavy atom. The van der Waals surface area contributed by atoms with E-state index in [2.05, 4.69) is 11.1 Å². The van der Waals surface area contributed by atoms with Gasteiger partial charge in [0.15, 0.2) is 0 Å². The maximum Gasteiger partial charge on any atom is 0.145 e. The fourth-order valence-electron chi connectivity index (χ4n) is 3.84. The molecule has 1 aromatic heterocycles. The number of aryl methyl sites for hydroxylation is 1. The van der Waals surface area contributed by atoms with Crippen molar-refractivity contribution >= 4 is 5.78 Å². The monoisotopic (exact) mass is 258 g/mol. The summed E-state index contributed by atoms with van der Waals surface area (Å²) in [7, 11) is 0. The highest BCUT2D eigenvalue weighted by atomic mass is 16.1. The van der Waals surface area contributed by atoms with E-state index in [-0.39, 0.29) is 11.8 Å². The minimum atomic E-state index is 0.0297. The van der Waals surface area contributed by atoms with Gasteiger partial charge in [-0.15, -0.1) is 0 Å². The summed E-state index contributed by atoms with van der Waals surface area (Å²) in [6.45, 7) is 0.651. The Labute approximate surface area is 114 Å². The van der Waals surface area contributed by atoms with Crippen LogP contribution in [-0.2, 0) is 11.2 Å². The van der Waals surface area contributed by atoms with E-state index in [0.717, 1.165) is 44.2 Å². The van der Waals surface area contributed by atoms with Gasteiger partial charge in [0.2, 0.25) is 0 Å². The Morgan fingerprint density at radius 2 is 2.21 bits per heavy atom. The highest BCUT2D eigenvalue weighted by Crippen LogP contribution is 2.39. The number of Topliss-reactive ketones (excluding diaryl/α,β-unsaturated/α-hetero) is 1. The van der Waals surface area contributed by atoms with Crippen LogP contribution in [0.15, 0.2) is 18.3 Å². The molecule has 0 saturated heterocycles. The van der Waals surface area contributed by atoms with Crippen molar-refractivity contribution in [3.05, 3.63) is 29.6 Å². The molecule has 3 nitrogen and oxygen atoms in total. The lowest BCUT2D eigenvalue weighted by atomic mass is 9.77. The summed E-state index contributed by atoms with van der Waals surface area (Å²) in [6.07, 6.45) is 8.26. The molecule has 2 N–H and O–H groups in total. The van der Waals surface area contributed by atoms with E-state index in [0.29, 0.717) is 18.2 Å². The van der Waals surface area contributed by atoms with Gasteiger partial charge in [-0.05, 0) is 56.2 Å². The number of aromatic nitrogens is 1. The van der Waals surface area contributed by atoms with Crippen LogP contribution in [0.3, 0.4) is 0 Å². The summed E-state index contributed by atoms with van der Waals surface area (Å²) < 4.78 is 0. The molecular weight excluding hydrogens is 236 g/mol. The van der Waals surface area contributed by atoms with Crippen molar-refractivity contribution in [3.8, 4) is 0 Å². The van der Waals surface area contributed by atoms with E-state index in [9.17, 15) is 4.79 Å². The Bertz CT molecular complexity index is 472. The Hall–Kier alpha value is -1.22. The van der Waals surface area contributed by atoms with Gasteiger partial charge >= 0.3 is 0 Å². The number of rotatable bonds is 3. The van der Waals surface area contributed by atoms with Crippen LogP contribution >= 0.6 is 0 Å². The molecule has 0 bridgehead atoms. The van der Waals surface area contributed by atoms with E-state index in [1.54, 1.807) is 0 Å². The van der Waals surface area contributed by atoms with Crippen LogP contribution in [0.2, 0.25) is 0 Å². The second-order valence-electron chi connectivity index (χ2n) is 5.93. The van der Waals surface area contributed by atoms with E-state index < -0.39 is 0 Å². The molecule has 2 aliphatic carbocycles. The molecule has 0 radical (unpaired) electrons. The quantitative estimate of drug-likeness (QED) is 0.906. The first-order valence-corrected chi connectivity index (χ1v) is 7.49. The van der Waals surface area contributed by atoms with Gasteiger partial charge in [0, 0.05) is 12.1 Å². The lowest BCUT2D eigenvalue weighted by Gasteiger charge is -2.27. The molecule has 0 aromatic carbocycles. The molecule has 3 heteroatoms. The second-order valence-corrected chi connectivity index (χ2v) is 5.93. The van der Waals surface area contributed by atoms with Gasteiger partial charge in [0.05, 0.1) is 11.6 Å². The predicted molar refractivity (Wildman–Crippen MR) is 74.8 cm³/mol. The number of ketones is 1. The van der Waals surface area contributed by atoms with Crippen molar-refractivity contribution in [1.29, 1.82) is 0 Å². The van der Waals surface area contributed by atoms with Crippen LogP contribution in [0.1, 0.15) is 49.3 Å². The maximum absolute atomic E-state index is 12.8. The molecule has 1 fully saturated rings. The Kier molecular flexibility index (Phi) is 3.65. The maximum atomic E-state index is 12.8. The Morgan fingerprint density at radius 3 is 3.05 bits per heavy atom. The molecule has 1 saturated carbocycles. The molecule has 1 aromatic rings. The zero-order valence-corrected chi connectivity index (χ0v) is 11.3. The summed E-state index contributed by atoms with van der Waals surface area (Å²) in [5.41, 5.74) is 8.13. The van der Waals surface area contributed by atoms with Crippen LogP contribution in [0, 0.1) is 11.8 Å². The molecular formula is C16H22N2O. The first-order valence-electron chi connectivity index (χ1n) is 7.49. The van der Waals surface area contributed by atoms with Crippen molar-refractivity contribution in [2.75, 3.05) is 6.54 Å². The van der Waals surface area contributed by atoms with Crippen molar-refractivity contribution in [3.63, 3.8) is 0 Å². The molecule has 3 rings (SSSR count). The summed E-state index contributed by atoms with van der Waals surface area (Å²) in [4.78, 5) is 17.3. The third-order valence-corrected chi connectivity index (χ3v) is 4.87. The highest BCUT2D eigenvalue weighted by molar-refractivity contribution is 5.88. The zero-order valence-electron chi connectivity index (χ0n) is 11.3. The van der Waals surface area contributed by atoms with Crippen LogP contribution in [0.5, 0.6) is 0 Å². The molecule has 102 valence electrons. The normalized spacial score (nSPS) is 30.1. The summed E-state index contributed by atoms with van der Waals surface area (Å²) in [5, 5.41) is 0. The third kappa shape index (κ3) is 2.32. The molecule has 0 amide bonds. The lowest BCUT2D eigenvalue weighted by molar-refractivity contribution is -0.125. The number of hydrogen-bond donors (Lipinski definition) is 1. The first-order chi connectivity index (χ1) is 9.31. The van der Waals surface area contributed by atoms with Crippen LogP contribution in [0.4, 0.5) is 0 Å². The van der Waals surface area contributed by atoms with Crippen molar-refractivity contribution in [2.24, 2.45) is 17.6 Å². The van der Waals surface area contributed by atoms with Crippen molar-refractivity contribution in [1.82, 2.24) is 4.98 Å². The van der Waals surface area contributed by atoms with Crippen molar-refractivity contribution in [2.45, 2.75) is 44.4 Å². The highest BCUT2D eigenvalue weighted by Gasteiger charge is 2.38. The van der Waals surface area contributed by atoms with Crippen LogP contribution < -0.4 is 5.73 Å². The molecule has 0 aliphatic heterocycles. The average molecular weight is 258 g/mol. The number of carbonyl (C=O) groups is 1. The number of fused-ring (bicyclic) bond motifs is 1. The molecule has 19 heavy (non-hydrogen) atoms. The second kappa shape index (κ2) is 5.41. The summed E-state index contributed by atoms with van der Waals surface area (Å²) >= 11 is 0. The largest absolute Gasteiger partial charge is 0.330 e. The van der Waals surface area contributed by atoms with Gasteiger partial charge in [-0.25, -0.2) is 0 Å². The fraction of sp³-hybridized carbons (Fsp3) is 0.625. The van der Waals surface area contributed by atoms with E-state index in [1.807, 2.05) is 12.3 Å². The predicted octanol–water partition coefficient (Wildman–Crippen LogP) is 2.45. The molecule has 0 spiro atoms. The Balaban J connectivity index is 1.85. The van der Waals surface area contributed by atoms with Gasteiger partial charge in [-0.2, -0.15) is 0 Å². The SMILES string of the molecule is NCC1CCCC1C(=O)C1CCCc2cccnc21. The average Bonchev–Trinajstić information content (AvgIpc) is 2.94. The van der Waals surface area contributed by atoms with Gasteiger partial charge in [0.25, 0.3) is 0 Å². The minimum Gasteiger partial charge on any atom is -0.330 e. The first kappa shape index (κ1) is 12.8. The number of hydrogen-bond acceptors (Lipinski definition) is 3. The van der Waals surface area contributed by atoms with Gasteiger partial charge < -0.3 is 5.73 Å². The third-order valence-electron chi connectivity index (χ3n) is 4.87. The number of pyridine rings is 1. The van der Waals surface area contributed by atoms with Crippen LogP contribution in [0.25, 0.3) is 0 Å². The topological polar surface area (TPSA) is 56.0 Å². The van der Waals surface area contributed by atoms with E-state index in [1.165, 1.54) is 5.56 Å². The van der Waals surface area contributed by atoms with E-state index in [4.69, 9.17) is 5.73 Å². The van der Waals surface area contributed by atoms with E-state index >= 15 is 0 Å². The smallest absolute Gasteiger partial charge is 0.145 e. The summed E-state index contributed by atoms with van der Waals surface area (Å²) in [6, 6.07) is 4.10. The molecule has 3 atom stereocenters. The van der Waals surface area contributed by atoms with Gasteiger partial charge in [-0.3, -0.25) is 9.78 Å². The molecule has 1 heterocycles.